The van der Waals surface area contributed by atoms with Gasteiger partial charge in [-0.15, -0.1) is 0 Å². The van der Waals surface area contributed by atoms with Crippen LogP contribution in [0.15, 0.2) is 18.5 Å². The van der Waals surface area contributed by atoms with Crippen LogP contribution in [0.1, 0.15) is 5.69 Å². The van der Waals surface area contributed by atoms with Crippen LogP contribution in [-0.4, -0.2) is 61.6 Å². The maximum Gasteiger partial charge on any atom is 0.225 e. The quantitative estimate of drug-likeness (QED) is 0.472. The molecular formula is C13H15N5O5. The lowest BCUT2D eigenvalue weighted by atomic mass is 9.92. The Balaban J connectivity index is 2.07. The van der Waals surface area contributed by atoms with Crippen LogP contribution in [0, 0.1) is 11.3 Å². The number of aliphatic hydroxyl groups is 3. The minimum absolute atomic E-state index is 0.182. The van der Waals surface area contributed by atoms with E-state index in [-0.39, 0.29) is 18.1 Å². The van der Waals surface area contributed by atoms with E-state index in [0.717, 1.165) is 0 Å². The number of nitrogens with zero attached hydrogens (tertiary/aromatic N) is 4. The molecule has 1 aliphatic heterocycles. The van der Waals surface area contributed by atoms with Crippen molar-refractivity contribution in [3.05, 3.63) is 24.2 Å². The molecule has 122 valence electrons. The van der Waals surface area contributed by atoms with E-state index in [2.05, 4.69) is 10.1 Å². The van der Waals surface area contributed by atoms with Gasteiger partial charge in [-0.3, -0.25) is 0 Å². The number of nitrogen functional groups attached to an aromatic ring is 1. The minimum atomic E-state index is -1.85. The highest BCUT2D eigenvalue weighted by molar-refractivity contribution is 5.66. The van der Waals surface area contributed by atoms with Crippen LogP contribution in [0.5, 0.6) is 0 Å². The summed E-state index contributed by atoms with van der Waals surface area (Å²) >= 11 is 0. The molecular weight excluding hydrogens is 306 g/mol. The number of anilines is 1. The Labute approximate surface area is 130 Å². The maximum absolute atomic E-state index is 10.4. The summed E-state index contributed by atoms with van der Waals surface area (Å²) in [7, 11) is 0. The summed E-state index contributed by atoms with van der Waals surface area (Å²) in [6, 6.07) is 5.02. The van der Waals surface area contributed by atoms with Crippen molar-refractivity contribution >= 4 is 11.3 Å². The number of ether oxygens (including phenoxy) is 2. The molecule has 1 aliphatic rings. The fourth-order valence-electron chi connectivity index (χ4n) is 2.72. The molecule has 3 rings (SSSR count). The second-order valence-corrected chi connectivity index (χ2v) is 5.10. The van der Waals surface area contributed by atoms with E-state index < -0.39 is 30.7 Å². The van der Waals surface area contributed by atoms with Crippen LogP contribution in [0.3, 0.4) is 0 Å². The van der Waals surface area contributed by atoms with Crippen LogP contribution >= 0.6 is 0 Å². The Hall–Kier alpha value is -2.29. The van der Waals surface area contributed by atoms with Crippen molar-refractivity contribution < 1.29 is 24.8 Å². The molecule has 0 unspecified atom stereocenters. The highest BCUT2D eigenvalue weighted by Crippen LogP contribution is 2.40. The zero-order valence-electron chi connectivity index (χ0n) is 11.9. The molecule has 4 atom stereocenters. The predicted octanol–water partition coefficient (Wildman–Crippen LogP) is -1.88. The van der Waals surface area contributed by atoms with E-state index in [4.69, 9.17) is 20.3 Å². The Morgan fingerprint density at radius 1 is 1.48 bits per heavy atom. The van der Waals surface area contributed by atoms with Crippen LogP contribution in [-0.2, 0) is 15.1 Å². The lowest BCUT2D eigenvalue weighted by Gasteiger charge is -2.24. The molecule has 0 bridgehead atoms. The van der Waals surface area contributed by atoms with Gasteiger partial charge in [-0.05, 0) is 12.1 Å². The minimum Gasteiger partial charge on any atom is -0.387 e. The first-order chi connectivity index (χ1) is 11.0. The van der Waals surface area contributed by atoms with E-state index in [1.807, 2.05) is 6.07 Å². The lowest BCUT2D eigenvalue weighted by Crippen LogP contribution is -2.41. The molecule has 0 amide bonds. The van der Waals surface area contributed by atoms with E-state index in [0.29, 0.717) is 5.52 Å². The average Bonchev–Trinajstić information content (AvgIpc) is 3.09. The van der Waals surface area contributed by atoms with Crippen molar-refractivity contribution in [2.45, 2.75) is 23.9 Å². The fraction of sp³-hybridized carbons (Fsp3) is 0.462. The Kier molecular flexibility index (Phi) is 3.88. The summed E-state index contributed by atoms with van der Waals surface area (Å²) in [6.07, 6.45) is -2.68. The number of hydrogen-bond acceptors (Lipinski definition) is 9. The SMILES string of the molecule is N#C[C@@]1(c2ccc3c(N)ncnn23)O[C@H](COCO)[C@@H](O)[C@H]1O. The molecule has 23 heavy (non-hydrogen) atoms. The highest BCUT2D eigenvalue weighted by Gasteiger charge is 2.57. The first kappa shape index (κ1) is 15.6. The molecule has 10 nitrogen and oxygen atoms in total. The Morgan fingerprint density at radius 3 is 2.96 bits per heavy atom. The third kappa shape index (κ3) is 2.23. The number of aromatic nitrogens is 3. The monoisotopic (exact) mass is 321 g/mol. The largest absolute Gasteiger partial charge is 0.387 e. The number of fused-ring (bicyclic) bond motifs is 1. The predicted molar refractivity (Wildman–Crippen MR) is 74.6 cm³/mol. The summed E-state index contributed by atoms with van der Waals surface area (Å²) < 4.78 is 11.7. The molecule has 1 saturated heterocycles. The van der Waals surface area contributed by atoms with Gasteiger partial charge in [-0.2, -0.15) is 10.4 Å². The van der Waals surface area contributed by atoms with Gasteiger partial charge in [-0.1, -0.05) is 0 Å². The van der Waals surface area contributed by atoms with Crippen molar-refractivity contribution in [1.29, 1.82) is 5.26 Å². The van der Waals surface area contributed by atoms with Gasteiger partial charge >= 0.3 is 0 Å². The first-order valence-electron chi connectivity index (χ1n) is 6.77. The van der Waals surface area contributed by atoms with Gasteiger partial charge in [0.25, 0.3) is 0 Å². The van der Waals surface area contributed by atoms with Crippen molar-refractivity contribution in [1.82, 2.24) is 14.6 Å². The van der Waals surface area contributed by atoms with Crippen LogP contribution in [0.2, 0.25) is 0 Å². The molecule has 0 aromatic carbocycles. The molecule has 5 N–H and O–H groups in total. The molecule has 0 aliphatic carbocycles. The topological polar surface area (TPSA) is 159 Å². The van der Waals surface area contributed by atoms with E-state index in [9.17, 15) is 15.5 Å². The van der Waals surface area contributed by atoms with Gasteiger partial charge in [-0.25, -0.2) is 9.50 Å². The molecule has 0 spiro atoms. The second-order valence-electron chi connectivity index (χ2n) is 5.10. The van der Waals surface area contributed by atoms with Crippen LogP contribution in [0.25, 0.3) is 5.52 Å². The van der Waals surface area contributed by atoms with Gasteiger partial charge in [0, 0.05) is 0 Å². The molecule has 2 aromatic rings. The van der Waals surface area contributed by atoms with Gasteiger partial charge in [0.05, 0.1) is 12.3 Å². The van der Waals surface area contributed by atoms with Gasteiger partial charge in [0.2, 0.25) is 5.60 Å². The van der Waals surface area contributed by atoms with Gasteiger partial charge < -0.3 is 30.5 Å². The maximum atomic E-state index is 10.4. The third-order valence-corrected chi connectivity index (χ3v) is 3.86. The average molecular weight is 321 g/mol. The van der Waals surface area contributed by atoms with Gasteiger partial charge in [0.15, 0.2) is 5.82 Å². The molecule has 0 saturated carbocycles. The second kappa shape index (κ2) is 5.73. The normalized spacial score (nSPS) is 30.6. The van der Waals surface area contributed by atoms with E-state index >= 15 is 0 Å². The number of nitriles is 1. The molecule has 0 radical (unpaired) electrons. The standard InChI is InChI=1S/C13H15N5O5/c14-4-13(11(21)10(20)8(23-13)3-22-6-19)9-2-1-7-12(15)16-5-17-18(7)9/h1-2,5,8,10-11,19-21H,3,6H2,(H2,15,16,17)/t8-,10-,11-,13+/m1/s1. The number of hydrogen-bond donors (Lipinski definition) is 4. The summed E-state index contributed by atoms with van der Waals surface area (Å²) in [4.78, 5) is 3.85. The number of aliphatic hydroxyl groups excluding tert-OH is 3. The zero-order chi connectivity index (χ0) is 16.6. The van der Waals surface area contributed by atoms with Crippen molar-refractivity contribution in [2.24, 2.45) is 0 Å². The zero-order valence-corrected chi connectivity index (χ0v) is 11.9. The number of rotatable bonds is 4. The summed E-state index contributed by atoms with van der Waals surface area (Å²) in [5.41, 5.74) is 4.55. The summed E-state index contributed by atoms with van der Waals surface area (Å²) in [5.74, 6) is 0.201. The number of nitrogens with two attached hydrogens (primary N) is 1. The smallest absolute Gasteiger partial charge is 0.225 e. The van der Waals surface area contributed by atoms with Crippen molar-refractivity contribution in [2.75, 3.05) is 19.1 Å². The molecule has 10 heteroatoms. The van der Waals surface area contributed by atoms with E-state index in [1.165, 1.54) is 16.9 Å². The van der Waals surface area contributed by atoms with Crippen molar-refractivity contribution in [3.63, 3.8) is 0 Å². The third-order valence-electron chi connectivity index (χ3n) is 3.86. The van der Waals surface area contributed by atoms with Gasteiger partial charge in [0.1, 0.15) is 43.0 Å². The first-order valence-corrected chi connectivity index (χ1v) is 6.77. The Bertz CT molecular complexity index is 759. The highest BCUT2D eigenvalue weighted by atomic mass is 16.6. The van der Waals surface area contributed by atoms with E-state index in [1.54, 1.807) is 6.07 Å². The fourth-order valence-corrected chi connectivity index (χ4v) is 2.72. The Morgan fingerprint density at radius 2 is 2.26 bits per heavy atom. The van der Waals surface area contributed by atoms with Crippen molar-refractivity contribution in [3.8, 4) is 6.07 Å². The van der Waals surface area contributed by atoms with Crippen LogP contribution in [0.4, 0.5) is 5.82 Å². The lowest BCUT2D eigenvalue weighted by molar-refractivity contribution is -0.0987. The summed E-state index contributed by atoms with van der Waals surface area (Å²) in [6.45, 7) is -0.751. The van der Waals surface area contributed by atoms with Crippen LogP contribution < -0.4 is 5.73 Å². The molecule has 1 fully saturated rings. The summed E-state index contributed by atoms with van der Waals surface area (Å²) in [5, 5.41) is 42.8. The molecule has 3 heterocycles. The molecule has 2 aromatic heterocycles.